The molecule has 5 heteroatoms. The van der Waals surface area contributed by atoms with E-state index in [-0.39, 0.29) is 6.10 Å². The highest BCUT2D eigenvalue weighted by Crippen LogP contribution is 2.24. The summed E-state index contributed by atoms with van der Waals surface area (Å²) in [6.07, 6.45) is 1.61. The van der Waals surface area contributed by atoms with Crippen molar-refractivity contribution in [1.29, 1.82) is 0 Å². The number of halogens is 2. The van der Waals surface area contributed by atoms with Crippen molar-refractivity contribution in [2.24, 2.45) is 5.92 Å². The predicted octanol–water partition coefficient (Wildman–Crippen LogP) is 3.08. The lowest BCUT2D eigenvalue weighted by Crippen LogP contribution is -2.13. The van der Waals surface area contributed by atoms with E-state index in [4.69, 9.17) is 16.3 Å². The molecule has 1 unspecified atom stereocenters. The van der Waals surface area contributed by atoms with E-state index in [2.05, 4.69) is 46.4 Å². The van der Waals surface area contributed by atoms with Gasteiger partial charge < -0.3 is 4.74 Å². The molecule has 1 aromatic rings. The highest BCUT2D eigenvalue weighted by molar-refractivity contribution is 14.1. The number of methoxy groups -OCH3 is 1. The molecule has 3 nitrogen and oxygen atoms in total. The molecular weight excluding hydrogens is 314 g/mol. The van der Waals surface area contributed by atoms with E-state index >= 15 is 0 Å². The summed E-state index contributed by atoms with van der Waals surface area (Å²) in [5.41, 5.74) is 0. The van der Waals surface area contributed by atoms with Crippen molar-refractivity contribution in [3.8, 4) is 0 Å². The third-order valence-corrected chi connectivity index (χ3v) is 3.23. The fraction of sp³-hybridized carbons (Fsp3) is 0.556. The van der Waals surface area contributed by atoms with Gasteiger partial charge in [0.15, 0.2) is 5.82 Å². The quantitative estimate of drug-likeness (QED) is 0.632. The summed E-state index contributed by atoms with van der Waals surface area (Å²) in [6.45, 7) is 4.12. The minimum absolute atomic E-state index is 0.0931. The van der Waals surface area contributed by atoms with Crippen LogP contribution in [0, 0.1) is 9.49 Å². The van der Waals surface area contributed by atoms with Crippen molar-refractivity contribution in [2.75, 3.05) is 7.11 Å². The Bertz CT molecular complexity index is 320. The number of ether oxygens (including phenoxy) is 1. The minimum atomic E-state index is -0.0931. The third kappa shape index (κ3) is 2.77. The molecule has 14 heavy (non-hydrogen) atoms. The number of hydrogen-bond acceptors (Lipinski definition) is 3. The Morgan fingerprint density at radius 2 is 2.14 bits per heavy atom. The van der Waals surface area contributed by atoms with Gasteiger partial charge in [0, 0.05) is 13.3 Å². The minimum Gasteiger partial charge on any atom is -0.373 e. The van der Waals surface area contributed by atoms with E-state index in [1.165, 1.54) is 0 Å². The maximum absolute atomic E-state index is 5.91. The van der Waals surface area contributed by atoms with E-state index < -0.39 is 0 Å². The zero-order chi connectivity index (χ0) is 10.7. The van der Waals surface area contributed by atoms with Gasteiger partial charge in [-0.1, -0.05) is 25.4 Å². The molecule has 0 aliphatic rings. The molecule has 0 radical (unpaired) electrons. The smallest absolute Gasteiger partial charge is 0.159 e. The fourth-order valence-electron chi connectivity index (χ4n) is 1.17. The zero-order valence-electron chi connectivity index (χ0n) is 8.29. The van der Waals surface area contributed by atoms with Crippen LogP contribution >= 0.6 is 34.2 Å². The van der Waals surface area contributed by atoms with Crippen LogP contribution in [0.2, 0.25) is 5.15 Å². The topological polar surface area (TPSA) is 35.0 Å². The van der Waals surface area contributed by atoms with Crippen molar-refractivity contribution in [3.05, 3.63) is 20.7 Å². The van der Waals surface area contributed by atoms with E-state index in [1.807, 2.05) is 0 Å². The first-order valence-corrected chi connectivity index (χ1v) is 5.72. The molecule has 1 heterocycles. The summed E-state index contributed by atoms with van der Waals surface area (Å²) in [5, 5.41) is 0.485. The van der Waals surface area contributed by atoms with Gasteiger partial charge in [-0.2, -0.15) is 0 Å². The molecule has 1 atom stereocenters. The standard InChI is InChI=1S/C9H12ClIN2O/c1-5(2)7(14-3)9-12-4-6(11)8(10)13-9/h4-5,7H,1-3H3. The molecule has 0 bridgehead atoms. The second kappa shape index (κ2) is 5.23. The molecule has 0 saturated carbocycles. The van der Waals surface area contributed by atoms with Gasteiger partial charge in [0.2, 0.25) is 0 Å². The van der Waals surface area contributed by atoms with Crippen LogP contribution in [-0.4, -0.2) is 17.1 Å². The monoisotopic (exact) mass is 326 g/mol. The van der Waals surface area contributed by atoms with Gasteiger partial charge in [-0.25, -0.2) is 9.97 Å². The maximum Gasteiger partial charge on any atom is 0.159 e. The molecule has 0 amide bonds. The summed E-state index contributed by atoms with van der Waals surface area (Å²) in [7, 11) is 1.65. The van der Waals surface area contributed by atoms with Crippen LogP contribution in [0.4, 0.5) is 0 Å². The third-order valence-electron chi connectivity index (χ3n) is 1.83. The van der Waals surface area contributed by atoms with Crippen molar-refractivity contribution in [2.45, 2.75) is 20.0 Å². The average Bonchev–Trinajstić information content (AvgIpc) is 2.11. The Kier molecular flexibility index (Phi) is 4.53. The second-order valence-corrected chi connectivity index (χ2v) is 4.79. The van der Waals surface area contributed by atoms with Crippen LogP contribution in [0.15, 0.2) is 6.20 Å². The molecule has 1 rings (SSSR count). The Balaban J connectivity index is 3.00. The molecular formula is C9H12ClIN2O. The number of hydrogen-bond donors (Lipinski definition) is 0. The molecule has 0 saturated heterocycles. The number of aromatic nitrogens is 2. The van der Waals surface area contributed by atoms with Crippen LogP contribution < -0.4 is 0 Å². The van der Waals surface area contributed by atoms with Crippen LogP contribution in [-0.2, 0) is 4.74 Å². The van der Waals surface area contributed by atoms with Crippen LogP contribution in [0.1, 0.15) is 25.8 Å². The summed E-state index contributed by atoms with van der Waals surface area (Å²) in [6, 6.07) is 0. The first-order chi connectivity index (χ1) is 6.56. The van der Waals surface area contributed by atoms with Crippen LogP contribution in [0.5, 0.6) is 0 Å². The number of rotatable bonds is 3. The summed E-state index contributed by atoms with van der Waals surface area (Å²) in [5.74, 6) is 0.976. The Morgan fingerprint density at radius 3 is 2.57 bits per heavy atom. The van der Waals surface area contributed by atoms with Gasteiger partial charge in [0.1, 0.15) is 11.3 Å². The molecule has 0 N–H and O–H groups in total. The first-order valence-electron chi connectivity index (χ1n) is 4.27. The van der Waals surface area contributed by atoms with Crippen molar-refractivity contribution >= 4 is 34.2 Å². The molecule has 0 fully saturated rings. The van der Waals surface area contributed by atoms with Crippen molar-refractivity contribution < 1.29 is 4.74 Å². The van der Waals surface area contributed by atoms with Crippen molar-refractivity contribution in [1.82, 2.24) is 9.97 Å². The van der Waals surface area contributed by atoms with Gasteiger partial charge in [0.05, 0.1) is 3.57 Å². The first kappa shape index (κ1) is 12.1. The van der Waals surface area contributed by atoms with Crippen LogP contribution in [0.3, 0.4) is 0 Å². The molecule has 0 aliphatic heterocycles. The maximum atomic E-state index is 5.91. The van der Waals surface area contributed by atoms with E-state index in [0.717, 1.165) is 3.57 Å². The molecule has 1 aromatic heterocycles. The van der Waals surface area contributed by atoms with Gasteiger partial charge in [0.25, 0.3) is 0 Å². The SMILES string of the molecule is COC(c1ncc(I)c(Cl)n1)C(C)C. The van der Waals surface area contributed by atoms with Gasteiger partial charge >= 0.3 is 0 Å². The predicted molar refractivity (Wildman–Crippen MR) is 64.3 cm³/mol. The Morgan fingerprint density at radius 1 is 1.50 bits per heavy atom. The van der Waals surface area contributed by atoms with Gasteiger partial charge in [-0.3, -0.25) is 0 Å². The Labute approximate surface area is 102 Å². The van der Waals surface area contributed by atoms with E-state index in [0.29, 0.717) is 16.9 Å². The highest BCUT2D eigenvalue weighted by atomic mass is 127. The summed E-state index contributed by atoms with van der Waals surface area (Å²) in [4.78, 5) is 8.39. The lowest BCUT2D eigenvalue weighted by molar-refractivity contribution is 0.0574. The Hall–Kier alpha value is 0.0600. The second-order valence-electron chi connectivity index (χ2n) is 3.27. The molecule has 0 aliphatic carbocycles. The lowest BCUT2D eigenvalue weighted by Gasteiger charge is -2.17. The van der Waals surface area contributed by atoms with Crippen molar-refractivity contribution in [3.63, 3.8) is 0 Å². The lowest BCUT2D eigenvalue weighted by atomic mass is 10.1. The normalized spacial score (nSPS) is 13.3. The summed E-state index contributed by atoms with van der Waals surface area (Å²) >= 11 is 8.00. The number of nitrogens with zero attached hydrogens (tertiary/aromatic N) is 2. The van der Waals surface area contributed by atoms with E-state index in [9.17, 15) is 0 Å². The molecule has 78 valence electrons. The molecule has 0 spiro atoms. The highest BCUT2D eigenvalue weighted by Gasteiger charge is 2.18. The van der Waals surface area contributed by atoms with E-state index in [1.54, 1.807) is 13.3 Å². The van der Waals surface area contributed by atoms with Gasteiger partial charge in [-0.05, 0) is 28.5 Å². The average molecular weight is 327 g/mol. The summed E-state index contributed by atoms with van der Waals surface area (Å²) < 4.78 is 6.16. The van der Waals surface area contributed by atoms with Gasteiger partial charge in [-0.15, -0.1) is 0 Å². The fourth-order valence-corrected chi connectivity index (χ4v) is 1.57. The largest absolute Gasteiger partial charge is 0.373 e. The zero-order valence-corrected chi connectivity index (χ0v) is 11.2. The van der Waals surface area contributed by atoms with Crippen LogP contribution in [0.25, 0.3) is 0 Å². The molecule has 0 aromatic carbocycles.